The summed E-state index contributed by atoms with van der Waals surface area (Å²) in [6.07, 6.45) is 7.07. The number of aryl methyl sites for hydroxylation is 2. The molecule has 2 aliphatic rings. The van der Waals surface area contributed by atoms with E-state index in [1.54, 1.807) is 12.1 Å². The van der Waals surface area contributed by atoms with Crippen molar-refractivity contribution < 1.29 is 8.78 Å². The third-order valence-corrected chi connectivity index (χ3v) is 6.52. The van der Waals surface area contributed by atoms with Crippen LogP contribution in [-0.2, 0) is 0 Å². The molecule has 3 heteroatoms. The number of nitrogens with zero attached hydrogens (tertiary/aromatic N) is 1. The van der Waals surface area contributed by atoms with Crippen molar-refractivity contribution in [3.63, 3.8) is 0 Å². The maximum Gasteiger partial charge on any atom is 0.123 e. The number of benzene rings is 2. The predicted octanol–water partition coefficient (Wildman–Crippen LogP) is 5.89. The molecule has 2 aliphatic heterocycles. The lowest BCUT2D eigenvalue weighted by Crippen LogP contribution is -2.39. The molecule has 0 saturated carbocycles. The Bertz CT molecular complexity index is 818. The second kappa shape index (κ2) is 7.20. The van der Waals surface area contributed by atoms with Crippen molar-refractivity contribution in [1.29, 1.82) is 0 Å². The lowest BCUT2D eigenvalue weighted by Gasteiger charge is -2.35. The van der Waals surface area contributed by atoms with Crippen LogP contribution in [0.3, 0.4) is 0 Å². The van der Waals surface area contributed by atoms with Crippen LogP contribution in [0.2, 0.25) is 0 Å². The van der Waals surface area contributed by atoms with E-state index in [0.29, 0.717) is 18.0 Å². The van der Waals surface area contributed by atoms with E-state index in [2.05, 4.69) is 18.0 Å². The Kier molecular flexibility index (Phi) is 4.90. The summed E-state index contributed by atoms with van der Waals surface area (Å²) < 4.78 is 28.1. The summed E-state index contributed by atoms with van der Waals surface area (Å²) in [5.74, 6) is -0.0583. The molecular weight excluding hydrogens is 340 g/mol. The van der Waals surface area contributed by atoms with Gasteiger partial charge in [0, 0.05) is 12.1 Å². The molecular formula is C24H27F2N. The first-order chi connectivity index (χ1) is 12.9. The molecule has 0 aromatic heterocycles. The Balaban J connectivity index is 1.81. The van der Waals surface area contributed by atoms with Crippen LogP contribution in [0.25, 0.3) is 5.57 Å². The second-order valence-corrected chi connectivity index (χ2v) is 8.28. The molecule has 0 N–H and O–H groups in total. The number of fused-ring (bicyclic) bond motifs is 2. The van der Waals surface area contributed by atoms with Gasteiger partial charge in [0.1, 0.15) is 11.6 Å². The summed E-state index contributed by atoms with van der Waals surface area (Å²) >= 11 is 0. The maximum absolute atomic E-state index is 14.1. The van der Waals surface area contributed by atoms with E-state index in [0.717, 1.165) is 40.7 Å². The topological polar surface area (TPSA) is 3.24 Å². The molecule has 0 radical (unpaired) electrons. The highest BCUT2D eigenvalue weighted by Gasteiger charge is 2.37. The normalized spacial score (nSPS) is 24.9. The zero-order valence-corrected chi connectivity index (χ0v) is 16.3. The van der Waals surface area contributed by atoms with Gasteiger partial charge in [-0.3, -0.25) is 0 Å². The minimum atomic E-state index is -0.251. The summed E-state index contributed by atoms with van der Waals surface area (Å²) in [6, 6.07) is 11.1. The number of halogens is 2. The standard InChI is InChI=1S/C24H27F2N/c1-15-4-6-18(25)13-22(15)24(23-14-19(26)7-5-16(23)2)12-17-10-20-8-9-21(11-17)27(20)3/h4-7,12-14,17,20-21H,8-11H2,1-3H3/t17-,20+,21-. The number of rotatable bonds is 3. The average Bonchev–Trinajstić information content (AvgIpc) is 2.85. The Morgan fingerprint density at radius 2 is 1.37 bits per heavy atom. The van der Waals surface area contributed by atoms with Gasteiger partial charge in [-0.05, 0) is 105 Å². The van der Waals surface area contributed by atoms with E-state index in [1.807, 2.05) is 26.0 Å². The smallest absolute Gasteiger partial charge is 0.123 e. The molecule has 142 valence electrons. The van der Waals surface area contributed by atoms with Crippen LogP contribution in [0, 0.1) is 31.4 Å². The molecule has 2 heterocycles. The zero-order chi connectivity index (χ0) is 19.1. The number of hydrogen-bond acceptors (Lipinski definition) is 1. The van der Waals surface area contributed by atoms with Crippen molar-refractivity contribution in [3.8, 4) is 0 Å². The quantitative estimate of drug-likeness (QED) is 0.654. The molecule has 2 saturated heterocycles. The largest absolute Gasteiger partial charge is 0.300 e. The molecule has 27 heavy (non-hydrogen) atoms. The summed E-state index contributed by atoms with van der Waals surface area (Å²) in [5.41, 5.74) is 4.74. The zero-order valence-electron chi connectivity index (χ0n) is 16.3. The Hall–Kier alpha value is -2.00. The number of hydrogen-bond donors (Lipinski definition) is 0. The van der Waals surface area contributed by atoms with Gasteiger partial charge in [0.15, 0.2) is 0 Å². The van der Waals surface area contributed by atoms with Crippen LogP contribution in [0.1, 0.15) is 47.9 Å². The molecule has 0 spiro atoms. The van der Waals surface area contributed by atoms with Crippen LogP contribution in [0.5, 0.6) is 0 Å². The average molecular weight is 367 g/mol. The minimum absolute atomic E-state index is 0.251. The van der Waals surface area contributed by atoms with Gasteiger partial charge in [0.25, 0.3) is 0 Å². The van der Waals surface area contributed by atoms with Crippen molar-refractivity contribution in [2.45, 2.75) is 51.6 Å². The molecule has 2 bridgehead atoms. The van der Waals surface area contributed by atoms with Gasteiger partial charge in [-0.2, -0.15) is 0 Å². The first-order valence-electron chi connectivity index (χ1n) is 9.89. The van der Waals surface area contributed by atoms with E-state index in [9.17, 15) is 8.78 Å². The summed E-state index contributed by atoms with van der Waals surface area (Å²) in [6.45, 7) is 3.99. The van der Waals surface area contributed by atoms with Gasteiger partial charge in [0.2, 0.25) is 0 Å². The number of piperidine rings is 1. The van der Waals surface area contributed by atoms with Crippen molar-refractivity contribution in [1.82, 2.24) is 4.90 Å². The van der Waals surface area contributed by atoms with Gasteiger partial charge in [-0.25, -0.2) is 8.78 Å². The van der Waals surface area contributed by atoms with Crippen LogP contribution in [-0.4, -0.2) is 24.0 Å². The summed E-state index contributed by atoms with van der Waals surface area (Å²) in [5, 5.41) is 0. The lowest BCUT2D eigenvalue weighted by atomic mass is 9.84. The highest BCUT2D eigenvalue weighted by atomic mass is 19.1. The summed E-state index contributed by atoms with van der Waals surface area (Å²) in [4.78, 5) is 2.52. The fraction of sp³-hybridized carbons (Fsp3) is 0.417. The van der Waals surface area contributed by atoms with Crippen LogP contribution in [0.4, 0.5) is 8.78 Å². The molecule has 2 fully saturated rings. The van der Waals surface area contributed by atoms with E-state index in [-0.39, 0.29) is 11.6 Å². The molecule has 3 atom stereocenters. The van der Waals surface area contributed by atoms with E-state index in [1.165, 1.54) is 25.0 Å². The van der Waals surface area contributed by atoms with E-state index >= 15 is 0 Å². The fourth-order valence-electron chi connectivity index (χ4n) is 4.92. The number of allylic oxidation sites excluding steroid dienone is 1. The second-order valence-electron chi connectivity index (χ2n) is 8.28. The van der Waals surface area contributed by atoms with Gasteiger partial charge in [0.05, 0.1) is 0 Å². The Labute approximate surface area is 160 Å². The van der Waals surface area contributed by atoms with Gasteiger partial charge < -0.3 is 4.90 Å². The third kappa shape index (κ3) is 3.58. The van der Waals surface area contributed by atoms with Crippen LogP contribution < -0.4 is 0 Å². The first kappa shape index (κ1) is 18.4. The van der Waals surface area contributed by atoms with Gasteiger partial charge in [-0.15, -0.1) is 0 Å². The van der Waals surface area contributed by atoms with Crippen LogP contribution >= 0.6 is 0 Å². The van der Waals surface area contributed by atoms with Crippen molar-refractivity contribution in [3.05, 3.63) is 76.4 Å². The van der Waals surface area contributed by atoms with Gasteiger partial charge in [-0.1, -0.05) is 18.2 Å². The minimum Gasteiger partial charge on any atom is -0.300 e. The van der Waals surface area contributed by atoms with Crippen molar-refractivity contribution in [2.75, 3.05) is 7.05 Å². The van der Waals surface area contributed by atoms with E-state index < -0.39 is 0 Å². The van der Waals surface area contributed by atoms with Gasteiger partial charge >= 0.3 is 0 Å². The molecule has 0 amide bonds. The molecule has 2 aromatic rings. The summed E-state index contributed by atoms with van der Waals surface area (Å²) in [7, 11) is 2.23. The lowest BCUT2D eigenvalue weighted by molar-refractivity contribution is 0.152. The van der Waals surface area contributed by atoms with E-state index in [4.69, 9.17) is 0 Å². The highest BCUT2D eigenvalue weighted by molar-refractivity contribution is 5.83. The van der Waals surface area contributed by atoms with Crippen LogP contribution in [0.15, 0.2) is 42.5 Å². The monoisotopic (exact) mass is 367 g/mol. The van der Waals surface area contributed by atoms with Crippen molar-refractivity contribution >= 4 is 5.57 Å². The molecule has 1 nitrogen and oxygen atoms in total. The molecule has 4 rings (SSSR count). The maximum atomic E-state index is 14.1. The molecule has 0 aliphatic carbocycles. The molecule has 2 aromatic carbocycles. The Morgan fingerprint density at radius 3 is 1.85 bits per heavy atom. The third-order valence-electron chi connectivity index (χ3n) is 6.52. The Morgan fingerprint density at radius 1 is 0.889 bits per heavy atom. The first-order valence-corrected chi connectivity index (χ1v) is 9.89. The molecule has 0 unspecified atom stereocenters. The fourth-order valence-corrected chi connectivity index (χ4v) is 4.92. The predicted molar refractivity (Wildman–Crippen MR) is 107 cm³/mol. The van der Waals surface area contributed by atoms with Crippen molar-refractivity contribution in [2.24, 2.45) is 5.92 Å². The SMILES string of the molecule is Cc1ccc(F)cc1C(=C[C@H]1C[C@H]2CC[C@@H](C1)N2C)c1cc(F)ccc1C. The highest BCUT2D eigenvalue weighted by Crippen LogP contribution is 2.40.